The van der Waals surface area contributed by atoms with Crippen molar-refractivity contribution in [3.05, 3.63) is 53.5 Å². The fraction of sp³-hybridized carbons (Fsp3) is 0.0769. The highest BCUT2D eigenvalue weighted by Crippen LogP contribution is 2.30. The fourth-order valence-corrected chi connectivity index (χ4v) is 2.02. The van der Waals surface area contributed by atoms with Crippen molar-refractivity contribution in [3.8, 4) is 5.75 Å². The van der Waals surface area contributed by atoms with E-state index in [2.05, 4.69) is 0 Å². The van der Waals surface area contributed by atoms with Gasteiger partial charge in [0.25, 0.3) is 11.8 Å². The van der Waals surface area contributed by atoms with Crippen molar-refractivity contribution >= 4 is 11.8 Å². The van der Waals surface area contributed by atoms with Crippen molar-refractivity contribution in [1.29, 1.82) is 0 Å². The molecule has 0 spiro atoms. The first-order valence-electron chi connectivity index (χ1n) is 5.39. The molecule has 1 N–H and O–H groups in total. The molecule has 1 aromatic carbocycles. The summed E-state index contributed by atoms with van der Waals surface area (Å²) in [5.74, 6) is -0.566. The average Bonchev–Trinajstić information content (AvgIpc) is 2.94. The number of imide groups is 1. The number of amides is 2. The van der Waals surface area contributed by atoms with Crippen molar-refractivity contribution < 1.29 is 19.1 Å². The molecule has 1 aromatic heterocycles. The van der Waals surface area contributed by atoms with E-state index in [4.69, 9.17) is 4.42 Å². The second-order valence-electron chi connectivity index (χ2n) is 3.98. The second-order valence-corrected chi connectivity index (χ2v) is 3.98. The molecule has 0 saturated heterocycles. The lowest BCUT2D eigenvalue weighted by Crippen LogP contribution is -2.28. The molecular weight excluding hydrogens is 234 g/mol. The van der Waals surface area contributed by atoms with E-state index in [1.807, 2.05) is 0 Å². The largest absolute Gasteiger partial charge is 0.507 e. The van der Waals surface area contributed by atoms with Gasteiger partial charge in [0.2, 0.25) is 0 Å². The summed E-state index contributed by atoms with van der Waals surface area (Å²) in [6.45, 7) is 0.0682. The van der Waals surface area contributed by atoms with Gasteiger partial charge in [-0.15, -0.1) is 0 Å². The molecule has 1 aliphatic rings. The van der Waals surface area contributed by atoms with Crippen LogP contribution in [0.3, 0.4) is 0 Å². The summed E-state index contributed by atoms with van der Waals surface area (Å²) in [6, 6.07) is 7.82. The zero-order valence-electron chi connectivity index (χ0n) is 9.29. The Kier molecular flexibility index (Phi) is 2.19. The molecule has 0 fully saturated rings. The van der Waals surface area contributed by atoms with E-state index < -0.39 is 11.8 Å². The van der Waals surface area contributed by atoms with Gasteiger partial charge in [0.05, 0.1) is 23.9 Å². The van der Waals surface area contributed by atoms with E-state index in [1.165, 1.54) is 24.5 Å². The van der Waals surface area contributed by atoms with Gasteiger partial charge in [0.1, 0.15) is 11.5 Å². The number of fused-ring (bicyclic) bond motifs is 1. The Bertz CT molecular complexity index is 630. The van der Waals surface area contributed by atoms with Crippen LogP contribution >= 0.6 is 0 Å². The lowest BCUT2D eigenvalue weighted by atomic mass is 10.1. The number of carbonyl (C=O) groups excluding carboxylic acids is 2. The number of carbonyl (C=O) groups is 2. The van der Waals surface area contributed by atoms with Crippen LogP contribution in [-0.2, 0) is 6.54 Å². The Labute approximate surface area is 102 Å². The molecule has 0 radical (unpaired) electrons. The number of benzene rings is 1. The lowest BCUT2D eigenvalue weighted by molar-refractivity contribution is 0.0631. The van der Waals surface area contributed by atoms with E-state index in [0.717, 1.165) is 4.90 Å². The standard InChI is InChI=1S/C13H9NO4/c15-10-5-1-4-9-11(10)13(17)14(12(9)16)7-8-3-2-6-18-8/h1-6,15H,7H2. The molecule has 2 heterocycles. The maximum atomic E-state index is 12.1. The lowest BCUT2D eigenvalue weighted by Gasteiger charge is -2.11. The molecule has 5 heteroatoms. The minimum Gasteiger partial charge on any atom is -0.507 e. The van der Waals surface area contributed by atoms with Gasteiger partial charge >= 0.3 is 0 Å². The molecule has 2 aromatic rings. The van der Waals surface area contributed by atoms with E-state index in [1.54, 1.807) is 12.1 Å². The van der Waals surface area contributed by atoms with Crippen LogP contribution in [0.1, 0.15) is 26.5 Å². The number of nitrogens with zero attached hydrogens (tertiary/aromatic N) is 1. The predicted molar refractivity (Wildman–Crippen MR) is 61.0 cm³/mol. The molecular formula is C13H9NO4. The predicted octanol–water partition coefficient (Wildman–Crippen LogP) is 1.78. The highest BCUT2D eigenvalue weighted by atomic mass is 16.3. The Morgan fingerprint density at radius 2 is 1.94 bits per heavy atom. The first-order chi connectivity index (χ1) is 8.68. The molecule has 2 amide bonds. The number of hydrogen-bond acceptors (Lipinski definition) is 4. The molecule has 1 aliphatic heterocycles. The number of phenolic OH excluding ortho intramolecular Hbond substituents is 1. The second kappa shape index (κ2) is 3.73. The number of furan rings is 1. The van der Waals surface area contributed by atoms with Crippen LogP contribution in [0.2, 0.25) is 0 Å². The van der Waals surface area contributed by atoms with Gasteiger partial charge in [-0.25, -0.2) is 0 Å². The van der Waals surface area contributed by atoms with Crippen LogP contribution in [0.5, 0.6) is 5.75 Å². The van der Waals surface area contributed by atoms with Crippen LogP contribution in [0.4, 0.5) is 0 Å². The molecule has 0 saturated carbocycles. The molecule has 0 atom stereocenters. The minimum atomic E-state index is -0.496. The SMILES string of the molecule is O=C1c2cccc(O)c2C(=O)N1Cc1ccco1. The van der Waals surface area contributed by atoms with Crippen LogP contribution in [-0.4, -0.2) is 21.8 Å². The zero-order valence-corrected chi connectivity index (χ0v) is 9.29. The van der Waals surface area contributed by atoms with Crippen LogP contribution in [0, 0.1) is 0 Å². The third-order valence-electron chi connectivity index (χ3n) is 2.87. The number of hydrogen-bond donors (Lipinski definition) is 1. The number of aromatic hydroxyl groups is 1. The van der Waals surface area contributed by atoms with Gasteiger partial charge in [0, 0.05) is 0 Å². The normalized spacial score (nSPS) is 14.1. The van der Waals surface area contributed by atoms with E-state index in [9.17, 15) is 14.7 Å². The Morgan fingerprint density at radius 1 is 1.11 bits per heavy atom. The first-order valence-corrected chi connectivity index (χ1v) is 5.39. The first kappa shape index (κ1) is 10.6. The molecule has 0 aliphatic carbocycles. The number of rotatable bonds is 2. The summed E-state index contributed by atoms with van der Waals surface area (Å²) in [4.78, 5) is 25.2. The maximum Gasteiger partial charge on any atom is 0.265 e. The van der Waals surface area contributed by atoms with E-state index >= 15 is 0 Å². The molecule has 3 rings (SSSR count). The molecule has 90 valence electrons. The van der Waals surface area contributed by atoms with Crippen molar-refractivity contribution in [2.75, 3.05) is 0 Å². The summed E-state index contributed by atoms with van der Waals surface area (Å²) < 4.78 is 5.11. The molecule has 5 nitrogen and oxygen atoms in total. The summed E-state index contributed by atoms with van der Waals surface area (Å²) in [6.07, 6.45) is 1.48. The fourth-order valence-electron chi connectivity index (χ4n) is 2.02. The van der Waals surface area contributed by atoms with Gasteiger partial charge in [0.15, 0.2) is 0 Å². The van der Waals surface area contributed by atoms with Gasteiger partial charge < -0.3 is 9.52 Å². The minimum absolute atomic E-state index is 0.0639. The quantitative estimate of drug-likeness (QED) is 0.816. The zero-order chi connectivity index (χ0) is 12.7. The smallest absolute Gasteiger partial charge is 0.265 e. The Balaban J connectivity index is 2.00. The third kappa shape index (κ3) is 1.41. The maximum absolute atomic E-state index is 12.1. The summed E-state index contributed by atoms with van der Waals surface area (Å²) in [5.41, 5.74) is 0.292. The number of phenols is 1. The van der Waals surface area contributed by atoms with Gasteiger partial charge in [-0.05, 0) is 24.3 Å². The van der Waals surface area contributed by atoms with Crippen molar-refractivity contribution in [3.63, 3.8) is 0 Å². The van der Waals surface area contributed by atoms with Gasteiger partial charge in [-0.1, -0.05) is 6.07 Å². The van der Waals surface area contributed by atoms with Crippen LogP contribution in [0.15, 0.2) is 41.0 Å². The monoisotopic (exact) mass is 243 g/mol. The van der Waals surface area contributed by atoms with E-state index in [-0.39, 0.29) is 23.4 Å². The molecule has 18 heavy (non-hydrogen) atoms. The average molecular weight is 243 g/mol. The molecule has 0 bridgehead atoms. The van der Waals surface area contributed by atoms with Crippen molar-refractivity contribution in [1.82, 2.24) is 4.90 Å². The third-order valence-corrected chi connectivity index (χ3v) is 2.87. The Morgan fingerprint density at radius 3 is 2.61 bits per heavy atom. The van der Waals surface area contributed by atoms with E-state index in [0.29, 0.717) is 5.76 Å². The summed E-state index contributed by atoms with van der Waals surface area (Å²) in [7, 11) is 0. The highest BCUT2D eigenvalue weighted by molar-refractivity contribution is 6.22. The Hall–Kier alpha value is -2.56. The highest BCUT2D eigenvalue weighted by Gasteiger charge is 2.37. The topological polar surface area (TPSA) is 70.8 Å². The molecule has 0 unspecified atom stereocenters. The van der Waals surface area contributed by atoms with Gasteiger partial charge in [-0.2, -0.15) is 0 Å². The van der Waals surface area contributed by atoms with Crippen LogP contribution in [0.25, 0.3) is 0 Å². The van der Waals surface area contributed by atoms with Crippen molar-refractivity contribution in [2.45, 2.75) is 6.54 Å². The summed E-state index contributed by atoms with van der Waals surface area (Å²) >= 11 is 0. The van der Waals surface area contributed by atoms with Gasteiger partial charge in [-0.3, -0.25) is 14.5 Å². The van der Waals surface area contributed by atoms with Crippen molar-refractivity contribution in [2.24, 2.45) is 0 Å². The van der Waals surface area contributed by atoms with Crippen LogP contribution < -0.4 is 0 Å². The summed E-state index contributed by atoms with van der Waals surface area (Å²) in [5, 5.41) is 9.64.